The van der Waals surface area contributed by atoms with Gasteiger partial charge in [-0.15, -0.1) is 0 Å². The van der Waals surface area contributed by atoms with Gasteiger partial charge in [0.25, 0.3) is 5.75 Å². The smallest absolute Gasteiger partial charge is 0.263 e. The van der Waals surface area contributed by atoms with Gasteiger partial charge in [-0.3, -0.25) is 4.79 Å². The molecule has 0 atom stereocenters. The molecule has 0 spiro atoms. The van der Waals surface area contributed by atoms with Crippen LogP contribution in [0.15, 0.2) is 24.3 Å². The van der Waals surface area contributed by atoms with Crippen LogP contribution < -0.4 is 5.73 Å². The number of primary amides is 1. The van der Waals surface area contributed by atoms with E-state index in [9.17, 15) is 4.79 Å². The largest absolute Gasteiger partial charge is 0.593 e. The Morgan fingerprint density at radius 1 is 1.46 bits per heavy atom. The van der Waals surface area contributed by atoms with Crippen LogP contribution in [-0.2, 0) is 4.79 Å². The first-order chi connectivity index (χ1) is 6.11. The van der Waals surface area contributed by atoms with E-state index in [0.717, 1.165) is 0 Å². The van der Waals surface area contributed by atoms with Gasteiger partial charge in [-0.1, -0.05) is 12.1 Å². The average molecular weight is 179 g/mol. The highest BCUT2D eigenvalue weighted by Crippen LogP contribution is 2.16. The summed E-state index contributed by atoms with van der Waals surface area (Å²) in [4.78, 5) is 10.5. The van der Waals surface area contributed by atoms with E-state index in [1.54, 1.807) is 24.3 Å². The maximum atomic E-state index is 10.5. The standard InChI is InChI=1S/C9H10N2O2/c10-7(5-9(11)13)6-3-1-2-4-8(6)12/h1-4,10,12H,5H2,(H2,11,13)/p+1. The Morgan fingerprint density at radius 2 is 2.08 bits per heavy atom. The van der Waals surface area contributed by atoms with Crippen LogP contribution in [0.1, 0.15) is 12.0 Å². The quantitative estimate of drug-likeness (QED) is 0.509. The molecule has 0 aliphatic heterocycles. The summed E-state index contributed by atoms with van der Waals surface area (Å²) in [5.41, 5.74) is 5.49. The van der Waals surface area contributed by atoms with Crippen LogP contribution in [0.3, 0.4) is 0 Å². The highest BCUT2D eigenvalue weighted by Gasteiger charge is 2.11. The zero-order valence-corrected chi connectivity index (χ0v) is 7.00. The van der Waals surface area contributed by atoms with E-state index in [4.69, 9.17) is 16.2 Å². The van der Waals surface area contributed by atoms with E-state index in [-0.39, 0.29) is 17.9 Å². The van der Waals surface area contributed by atoms with E-state index in [2.05, 4.69) is 0 Å². The van der Waals surface area contributed by atoms with Crippen molar-refractivity contribution in [1.29, 1.82) is 5.41 Å². The highest BCUT2D eigenvalue weighted by atomic mass is 16.3. The molecule has 0 aliphatic carbocycles. The summed E-state index contributed by atoms with van der Waals surface area (Å²) in [5.74, 6) is -0.304. The Morgan fingerprint density at radius 3 is 2.62 bits per heavy atom. The molecular formula is C9H11N2O2+. The van der Waals surface area contributed by atoms with Gasteiger partial charge in [0.2, 0.25) is 5.91 Å². The Balaban J connectivity index is 2.89. The Labute approximate surface area is 75.5 Å². The molecule has 1 amide bonds. The summed E-state index contributed by atoms with van der Waals surface area (Å²) in [6.07, 6.45) is -0.115. The molecular weight excluding hydrogens is 168 g/mol. The van der Waals surface area contributed by atoms with E-state index >= 15 is 0 Å². The maximum absolute atomic E-state index is 10.5. The highest BCUT2D eigenvalue weighted by molar-refractivity contribution is 6.09. The molecule has 13 heavy (non-hydrogen) atoms. The third-order valence-corrected chi connectivity index (χ3v) is 1.60. The van der Waals surface area contributed by atoms with Crippen molar-refractivity contribution in [2.24, 2.45) is 5.73 Å². The first kappa shape index (κ1) is 9.25. The SMILES string of the molecule is N=C(CC(N)=O)c1ccccc1[OH2+]. The molecule has 0 bridgehead atoms. The Kier molecular flexibility index (Phi) is 2.64. The van der Waals surface area contributed by atoms with Crippen LogP contribution in [0.5, 0.6) is 5.75 Å². The summed E-state index contributed by atoms with van der Waals surface area (Å²) in [6, 6.07) is 6.64. The summed E-state index contributed by atoms with van der Waals surface area (Å²) in [7, 11) is 0. The van der Waals surface area contributed by atoms with Gasteiger partial charge in [0.1, 0.15) is 0 Å². The van der Waals surface area contributed by atoms with Crippen molar-refractivity contribution in [1.82, 2.24) is 0 Å². The van der Waals surface area contributed by atoms with Crippen LogP contribution in [0.25, 0.3) is 0 Å². The van der Waals surface area contributed by atoms with Gasteiger partial charge >= 0.3 is 0 Å². The first-order valence-electron chi connectivity index (χ1n) is 3.78. The van der Waals surface area contributed by atoms with Crippen molar-refractivity contribution >= 4 is 11.6 Å². The molecule has 1 aromatic carbocycles. The number of nitrogens with one attached hydrogen (secondary N) is 1. The van der Waals surface area contributed by atoms with Gasteiger partial charge in [0.15, 0.2) is 0 Å². The predicted octanol–water partition coefficient (Wildman–Crippen LogP) is 0.368. The summed E-state index contributed by atoms with van der Waals surface area (Å²) in [5, 5.41) is 14.9. The van der Waals surface area contributed by atoms with Crippen molar-refractivity contribution < 1.29 is 9.90 Å². The molecule has 0 fully saturated rings. The van der Waals surface area contributed by atoms with Crippen LogP contribution >= 0.6 is 0 Å². The van der Waals surface area contributed by atoms with E-state index in [1.165, 1.54) is 0 Å². The molecule has 0 aliphatic rings. The number of amides is 1. The Bertz CT molecular complexity index is 347. The number of hydrogen-bond acceptors (Lipinski definition) is 2. The lowest BCUT2D eigenvalue weighted by Gasteiger charge is -2.00. The number of nitrogens with two attached hydrogens (primary N) is 1. The fourth-order valence-corrected chi connectivity index (χ4v) is 1.02. The van der Waals surface area contributed by atoms with Crippen molar-refractivity contribution in [3.63, 3.8) is 0 Å². The monoisotopic (exact) mass is 179 g/mol. The summed E-state index contributed by atoms with van der Waals surface area (Å²) < 4.78 is 0. The van der Waals surface area contributed by atoms with Gasteiger partial charge in [-0.2, -0.15) is 0 Å². The van der Waals surface area contributed by atoms with Crippen molar-refractivity contribution in [2.45, 2.75) is 6.42 Å². The topological polar surface area (TPSA) is 89.8 Å². The predicted molar refractivity (Wildman–Crippen MR) is 50.1 cm³/mol. The number of benzene rings is 1. The molecule has 1 rings (SSSR count). The minimum absolute atomic E-state index is 0.0955. The van der Waals surface area contributed by atoms with Gasteiger partial charge in [-0.25, -0.2) is 0 Å². The second kappa shape index (κ2) is 3.71. The second-order valence-corrected chi connectivity index (χ2v) is 2.67. The lowest BCUT2D eigenvalue weighted by Crippen LogP contribution is -2.16. The number of rotatable bonds is 3. The molecule has 0 saturated carbocycles. The number of carbonyl (C=O) groups excluding carboxylic acids is 1. The average Bonchev–Trinajstić information content (AvgIpc) is 2.03. The number of carbonyl (C=O) groups is 1. The Hall–Kier alpha value is -1.84. The van der Waals surface area contributed by atoms with Gasteiger partial charge in [0.05, 0.1) is 17.7 Å². The molecule has 4 nitrogen and oxygen atoms in total. The zero-order valence-electron chi connectivity index (χ0n) is 7.00. The van der Waals surface area contributed by atoms with E-state index in [0.29, 0.717) is 5.56 Å². The van der Waals surface area contributed by atoms with E-state index in [1.807, 2.05) is 0 Å². The zero-order chi connectivity index (χ0) is 9.84. The van der Waals surface area contributed by atoms with Crippen molar-refractivity contribution in [3.05, 3.63) is 29.8 Å². The number of para-hydroxylation sites is 1. The van der Waals surface area contributed by atoms with Crippen molar-refractivity contribution in [2.75, 3.05) is 0 Å². The fourth-order valence-electron chi connectivity index (χ4n) is 1.02. The second-order valence-electron chi connectivity index (χ2n) is 2.67. The lowest BCUT2D eigenvalue weighted by atomic mass is 10.1. The summed E-state index contributed by atoms with van der Waals surface area (Å²) in [6.45, 7) is 0. The molecule has 0 radical (unpaired) electrons. The molecule has 5 N–H and O–H groups in total. The van der Waals surface area contributed by atoms with Crippen LogP contribution in [0, 0.1) is 5.41 Å². The molecule has 0 aromatic heterocycles. The third kappa shape index (κ3) is 2.30. The maximum Gasteiger partial charge on any atom is 0.263 e. The van der Waals surface area contributed by atoms with Gasteiger partial charge in [-0.05, 0) is 6.07 Å². The minimum atomic E-state index is -0.548. The van der Waals surface area contributed by atoms with Crippen LogP contribution in [-0.4, -0.2) is 16.7 Å². The molecule has 0 heterocycles. The van der Waals surface area contributed by atoms with Crippen molar-refractivity contribution in [3.8, 4) is 5.75 Å². The molecule has 68 valence electrons. The van der Waals surface area contributed by atoms with Gasteiger partial charge < -0.3 is 16.2 Å². The van der Waals surface area contributed by atoms with Gasteiger partial charge in [0, 0.05) is 6.07 Å². The van der Waals surface area contributed by atoms with Crippen LogP contribution in [0.2, 0.25) is 0 Å². The third-order valence-electron chi connectivity index (χ3n) is 1.60. The lowest BCUT2D eigenvalue weighted by molar-refractivity contribution is -0.116. The minimum Gasteiger partial charge on any atom is -0.593 e. The normalized spacial score (nSPS) is 9.54. The number of hydrogen-bond donors (Lipinski definition) is 2. The molecule has 4 heteroatoms. The molecule has 1 aromatic rings. The summed E-state index contributed by atoms with van der Waals surface area (Å²) >= 11 is 0. The molecule has 0 unspecified atom stereocenters. The fraction of sp³-hybridized carbons (Fsp3) is 0.111. The first-order valence-corrected chi connectivity index (χ1v) is 3.78. The van der Waals surface area contributed by atoms with E-state index < -0.39 is 5.91 Å². The molecule has 0 saturated heterocycles. The van der Waals surface area contributed by atoms with Crippen LogP contribution in [0.4, 0.5) is 0 Å².